The number of aromatic nitrogens is 1. The second-order valence-electron chi connectivity index (χ2n) is 8.97. The molecule has 0 spiro atoms. The predicted molar refractivity (Wildman–Crippen MR) is 124 cm³/mol. The van der Waals surface area contributed by atoms with Crippen LogP contribution in [-0.4, -0.2) is 23.3 Å². The first-order chi connectivity index (χ1) is 16.0. The number of benzene rings is 2. The number of aliphatic carboxylic acids is 1. The first-order valence-electron chi connectivity index (χ1n) is 11.4. The van der Waals surface area contributed by atoms with Crippen molar-refractivity contribution in [1.29, 1.82) is 0 Å². The van der Waals surface area contributed by atoms with Gasteiger partial charge < -0.3 is 14.4 Å². The summed E-state index contributed by atoms with van der Waals surface area (Å²) in [4.78, 5) is 11.3. The Kier molecular flexibility index (Phi) is 5.75. The molecule has 2 aromatic carbocycles. The Labute approximate surface area is 191 Å². The molecule has 0 amide bonds. The third kappa shape index (κ3) is 4.70. The molecule has 5 nitrogen and oxygen atoms in total. The first-order valence-corrected chi connectivity index (χ1v) is 11.4. The molecular formula is C27H26FNO4. The van der Waals surface area contributed by atoms with Crippen molar-refractivity contribution in [3.05, 3.63) is 70.7 Å². The van der Waals surface area contributed by atoms with Gasteiger partial charge >= 0.3 is 5.97 Å². The summed E-state index contributed by atoms with van der Waals surface area (Å²) in [7, 11) is 1.55. The molecule has 2 aliphatic carbocycles. The van der Waals surface area contributed by atoms with Crippen LogP contribution in [0.4, 0.5) is 4.39 Å². The van der Waals surface area contributed by atoms with Crippen molar-refractivity contribution in [2.45, 2.75) is 43.9 Å². The Bertz CT molecular complexity index is 1210. The lowest BCUT2D eigenvalue weighted by Gasteiger charge is -2.15. The molecule has 6 heteroatoms. The molecule has 5 rings (SSSR count). The van der Waals surface area contributed by atoms with Gasteiger partial charge in [-0.3, -0.25) is 4.79 Å². The van der Waals surface area contributed by atoms with E-state index in [2.05, 4.69) is 11.2 Å². The van der Waals surface area contributed by atoms with E-state index in [4.69, 9.17) is 9.26 Å². The van der Waals surface area contributed by atoms with Crippen LogP contribution in [0, 0.1) is 11.7 Å². The highest BCUT2D eigenvalue weighted by atomic mass is 19.1. The number of carbonyl (C=O) groups is 1. The minimum absolute atomic E-state index is 0.0470. The molecule has 1 unspecified atom stereocenters. The van der Waals surface area contributed by atoms with Crippen molar-refractivity contribution >= 4 is 18.1 Å². The van der Waals surface area contributed by atoms with Crippen LogP contribution in [-0.2, 0) is 4.79 Å². The monoisotopic (exact) mass is 447 g/mol. The molecule has 2 saturated carbocycles. The molecule has 1 aromatic heterocycles. The van der Waals surface area contributed by atoms with Gasteiger partial charge in [0.2, 0.25) is 0 Å². The molecule has 2 fully saturated rings. The summed E-state index contributed by atoms with van der Waals surface area (Å²) in [5.41, 5.74) is 3.86. The first kappa shape index (κ1) is 21.4. The average molecular weight is 448 g/mol. The van der Waals surface area contributed by atoms with Crippen LogP contribution in [0.1, 0.15) is 66.4 Å². The molecular weight excluding hydrogens is 421 g/mol. The van der Waals surface area contributed by atoms with Crippen LogP contribution in [0.15, 0.2) is 47.0 Å². The zero-order chi connectivity index (χ0) is 22.9. The lowest BCUT2D eigenvalue weighted by atomic mass is 9.90. The van der Waals surface area contributed by atoms with E-state index in [9.17, 15) is 14.3 Å². The highest BCUT2D eigenvalue weighted by Crippen LogP contribution is 2.47. The fraction of sp³-hybridized carbons (Fsp3) is 0.333. The van der Waals surface area contributed by atoms with Crippen LogP contribution in [0.2, 0.25) is 0 Å². The lowest BCUT2D eigenvalue weighted by Crippen LogP contribution is -2.08. The molecule has 2 aliphatic rings. The summed E-state index contributed by atoms with van der Waals surface area (Å²) >= 11 is 0. The van der Waals surface area contributed by atoms with Crippen molar-refractivity contribution in [2.24, 2.45) is 5.92 Å². The summed E-state index contributed by atoms with van der Waals surface area (Å²) in [6.45, 7) is 0. The van der Waals surface area contributed by atoms with Crippen LogP contribution < -0.4 is 4.74 Å². The van der Waals surface area contributed by atoms with E-state index in [0.29, 0.717) is 34.6 Å². The number of nitrogens with zero attached hydrogens (tertiary/aromatic N) is 1. The Morgan fingerprint density at radius 1 is 1.21 bits per heavy atom. The van der Waals surface area contributed by atoms with Gasteiger partial charge in [0.1, 0.15) is 17.3 Å². The number of rotatable bonds is 9. The van der Waals surface area contributed by atoms with Crippen LogP contribution in [0.3, 0.4) is 0 Å². The van der Waals surface area contributed by atoms with E-state index in [0.717, 1.165) is 42.4 Å². The maximum atomic E-state index is 14.6. The van der Waals surface area contributed by atoms with Crippen LogP contribution in [0.25, 0.3) is 23.4 Å². The van der Waals surface area contributed by atoms with Gasteiger partial charge in [0.05, 0.1) is 13.5 Å². The van der Waals surface area contributed by atoms with Gasteiger partial charge in [0.15, 0.2) is 5.76 Å². The van der Waals surface area contributed by atoms with Crippen LogP contribution >= 0.6 is 0 Å². The molecule has 1 N–H and O–H groups in total. The third-order valence-electron chi connectivity index (χ3n) is 6.52. The summed E-state index contributed by atoms with van der Waals surface area (Å²) < 4.78 is 25.5. The molecule has 0 radical (unpaired) electrons. The number of ether oxygens (including phenoxy) is 1. The minimum atomic E-state index is -0.763. The Hall–Kier alpha value is -3.41. The Balaban J connectivity index is 1.45. The van der Waals surface area contributed by atoms with Crippen molar-refractivity contribution in [3.8, 4) is 17.0 Å². The molecule has 1 atom stereocenters. The van der Waals surface area contributed by atoms with Gasteiger partial charge in [-0.1, -0.05) is 35.5 Å². The third-order valence-corrected chi connectivity index (χ3v) is 6.52. The Morgan fingerprint density at radius 2 is 2.03 bits per heavy atom. The predicted octanol–water partition coefficient (Wildman–Crippen LogP) is 6.51. The van der Waals surface area contributed by atoms with Crippen molar-refractivity contribution < 1.29 is 23.6 Å². The Morgan fingerprint density at radius 3 is 2.73 bits per heavy atom. The van der Waals surface area contributed by atoms with Gasteiger partial charge in [-0.25, -0.2) is 4.39 Å². The van der Waals surface area contributed by atoms with E-state index >= 15 is 0 Å². The van der Waals surface area contributed by atoms with Crippen molar-refractivity contribution in [3.63, 3.8) is 0 Å². The van der Waals surface area contributed by atoms with Crippen molar-refractivity contribution in [2.75, 3.05) is 7.11 Å². The van der Waals surface area contributed by atoms with Crippen LogP contribution in [0.5, 0.6) is 5.75 Å². The zero-order valence-corrected chi connectivity index (χ0v) is 18.5. The molecule has 0 aliphatic heterocycles. The van der Waals surface area contributed by atoms with Gasteiger partial charge in [-0.15, -0.1) is 0 Å². The van der Waals surface area contributed by atoms with E-state index in [-0.39, 0.29) is 18.2 Å². The molecule has 1 heterocycles. The quantitative estimate of drug-likeness (QED) is 0.405. The standard InChI is InChI=1S/C27H26FNO4/c1-32-20-10-11-23(28)22(14-20)27-26(18-8-9-18)24(33-29-27)12-5-16-3-2-4-19(13-16)21(15-25(30)31)17-6-7-17/h2-5,10-14,17-18,21H,6-9,15H2,1H3,(H,30,31). The lowest BCUT2D eigenvalue weighted by molar-refractivity contribution is -0.137. The number of methoxy groups -OCH3 is 1. The molecule has 0 bridgehead atoms. The normalized spacial score (nSPS) is 16.8. The number of hydrogen-bond acceptors (Lipinski definition) is 4. The number of carboxylic acids is 1. The van der Waals surface area contributed by atoms with E-state index in [1.165, 1.54) is 6.07 Å². The SMILES string of the molecule is COc1ccc(F)c(-c2noc(C=Cc3cccc(C(CC(=O)O)C4CC4)c3)c2C2CC2)c1. The maximum absolute atomic E-state index is 14.6. The number of carboxylic acid groups (broad SMARTS) is 1. The second kappa shape index (κ2) is 8.85. The van der Waals surface area contributed by atoms with Gasteiger partial charge in [-0.05, 0) is 78.8 Å². The van der Waals surface area contributed by atoms with E-state index < -0.39 is 5.97 Å². The number of hydrogen-bond donors (Lipinski definition) is 1. The molecule has 33 heavy (non-hydrogen) atoms. The smallest absolute Gasteiger partial charge is 0.303 e. The second-order valence-corrected chi connectivity index (χ2v) is 8.97. The van der Waals surface area contributed by atoms with Gasteiger partial charge in [0.25, 0.3) is 0 Å². The van der Waals surface area contributed by atoms with E-state index in [1.54, 1.807) is 19.2 Å². The highest BCUT2D eigenvalue weighted by molar-refractivity contribution is 5.75. The summed E-state index contributed by atoms with van der Waals surface area (Å²) in [6.07, 6.45) is 8.20. The fourth-order valence-corrected chi connectivity index (χ4v) is 4.51. The van der Waals surface area contributed by atoms with Crippen molar-refractivity contribution in [1.82, 2.24) is 5.16 Å². The minimum Gasteiger partial charge on any atom is -0.497 e. The highest BCUT2D eigenvalue weighted by Gasteiger charge is 2.34. The number of halogens is 1. The van der Waals surface area contributed by atoms with Gasteiger partial charge in [-0.2, -0.15) is 0 Å². The molecule has 170 valence electrons. The molecule has 3 aromatic rings. The largest absolute Gasteiger partial charge is 0.497 e. The zero-order valence-electron chi connectivity index (χ0n) is 18.5. The fourth-order valence-electron chi connectivity index (χ4n) is 4.51. The van der Waals surface area contributed by atoms with Gasteiger partial charge in [0, 0.05) is 11.1 Å². The topological polar surface area (TPSA) is 72.6 Å². The summed E-state index contributed by atoms with van der Waals surface area (Å²) in [5, 5.41) is 13.5. The molecule has 0 saturated heterocycles. The summed E-state index contributed by atoms with van der Waals surface area (Å²) in [5.74, 6) is 0.875. The van der Waals surface area contributed by atoms with E-state index in [1.807, 2.05) is 30.4 Å². The average Bonchev–Trinajstić information content (AvgIpc) is 3.75. The maximum Gasteiger partial charge on any atom is 0.303 e. The summed E-state index contributed by atoms with van der Waals surface area (Å²) in [6, 6.07) is 12.6.